The average molecular weight is 781 g/mol. The molecule has 0 unspecified atom stereocenters. The summed E-state index contributed by atoms with van der Waals surface area (Å²) in [6.45, 7) is 13.5. The largest absolute Gasteiger partial charge is 0.462 e. The van der Waals surface area contributed by atoms with Gasteiger partial charge >= 0.3 is 17.9 Å². The van der Waals surface area contributed by atoms with E-state index >= 15 is 0 Å². The maximum Gasteiger partial charge on any atom is 0.338 e. The number of hydrogen-bond acceptors (Lipinski definition) is 10. The van der Waals surface area contributed by atoms with Crippen molar-refractivity contribution in [2.75, 3.05) is 6.61 Å². The minimum atomic E-state index is -1.92. The molecule has 5 aliphatic rings. The Labute approximate surface area is 335 Å². The Hall–Kier alpha value is -4.35. The molecule has 1 spiro atoms. The first-order valence-corrected chi connectivity index (χ1v) is 20.4. The van der Waals surface area contributed by atoms with E-state index in [9.17, 15) is 19.5 Å². The monoisotopic (exact) mass is 780 g/mol. The van der Waals surface area contributed by atoms with Crippen LogP contribution in [0.3, 0.4) is 0 Å². The lowest BCUT2D eigenvalue weighted by atomic mass is 9.70. The summed E-state index contributed by atoms with van der Waals surface area (Å²) in [5.74, 6) is -3.71. The summed E-state index contributed by atoms with van der Waals surface area (Å²) in [6.07, 6.45) is 11.5. The summed E-state index contributed by atoms with van der Waals surface area (Å²) < 4.78 is 38.3. The molecule has 7 rings (SSSR count). The highest BCUT2D eigenvalue weighted by molar-refractivity contribution is 5.95. The first kappa shape index (κ1) is 40.8. The van der Waals surface area contributed by atoms with E-state index < -0.39 is 65.7 Å². The van der Waals surface area contributed by atoms with Crippen molar-refractivity contribution in [2.24, 2.45) is 23.7 Å². The third-order valence-electron chi connectivity index (χ3n) is 12.5. The predicted octanol–water partition coefficient (Wildman–Crippen LogP) is 7.90. The third kappa shape index (κ3) is 8.19. The Morgan fingerprint density at radius 3 is 2.49 bits per heavy atom. The predicted molar refractivity (Wildman–Crippen MR) is 215 cm³/mol. The normalized spacial score (nSPS) is 38.4. The summed E-state index contributed by atoms with van der Waals surface area (Å²) in [5.41, 5.74) is 0.299. The van der Waals surface area contributed by atoms with Crippen LogP contribution in [0.2, 0.25) is 0 Å². The van der Waals surface area contributed by atoms with Crippen LogP contribution in [0.15, 0.2) is 102 Å². The van der Waals surface area contributed by atoms with Crippen LogP contribution in [-0.4, -0.2) is 77.6 Å². The highest BCUT2D eigenvalue weighted by Gasteiger charge is 2.61. The van der Waals surface area contributed by atoms with Gasteiger partial charge in [0.2, 0.25) is 0 Å². The first-order valence-electron chi connectivity index (χ1n) is 20.4. The van der Waals surface area contributed by atoms with E-state index in [0.29, 0.717) is 29.6 Å². The van der Waals surface area contributed by atoms with Crippen LogP contribution in [0.4, 0.5) is 0 Å². The molecule has 4 aliphatic heterocycles. The maximum absolute atomic E-state index is 14.6. The van der Waals surface area contributed by atoms with Gasteiger partial charge in [0.05, 0.1) is 24.4 Å². The molecule has 2 aromatic carbocycles. The van der Waals surface area contributed by atoms with Crippen LogP contribution in [0, 0.1) is 23.7 Å². The number of rotatable bonds is 5. The van der Waals surface area contributed by atoms with Crippen molar-refractivity contribution in [2.45, 2.75) is 122 Å². The minimum Gasteiger partial charge on any atom is -0.462 e. The number of carbonyl (C=O) groups excluding carboxylic acids is 3. The van der Waals surface area contributed by atoms with Gasteiger partial charge in [-0.05, 0) is 71.9 Å². The average Bonchev–Trinajstić information content (AvgIpc) is 3.52. The number of benzene rings is 2. The molecule has 2 saturated heterocycles. The van der Waals surface area contributed by atoms with Crippen LogP contribution in [0.1, 0.15) is 84.5 Å². The number of aliphatic hydroxyl groups is 1. The van der Waals surface area contributed by atoms with Gasteiger partial charge in [-0.3, -0.25) is 9.59 Å². The summed E-state index contributed by atoms with van der Waals surface area (Å²) in [4.78, 5) is 40.6. The molecule has 2 fully saturated rings. The second kappa shape index (κ2) is 16.5. The Morgan fingerprint density at radius 2 is 1.74 bits per heavy atom. The topological polar surface area (TPSA) is 127 Å². The lowest BCUT2D eigenvalue weighted by Crippen LogP contribution is -2.59. The maximum atomic E-state index is 14.6. The van der Waals surface area contributed by atoms with Crippen LogP contribution >= 0.6 is 0 Å². The molecule has 2 bridgehead atoms. The second-order valence-electron chi connectivity index (χ2n) is 16.7. The van der Waals surface area contributed by atoms with E-state index in [-0.39, 0.29) is 36.9 Å². The Morgan fingerprint density at radius 1 is 0.965 bits per heavy atom. The van der Waals surface area contributed by atoms with Crippen LogP contribution in [-0.2, 0) is 38.0 Å². The van der Waals surface area contributed by atoms with Crippen molar-refractivity contribution in [3.63, 3.8) is 0 Å². The lowest BCUT2D eigenvalue weighted by Gasteiger charge is -2.48. The van der Waals surface area contributed by atoms with Crippen molar-refractivity contribution in [3.05, 3.63) is 107 Å². The van der Waals surface area contributed by atoms with E-state index in [1.807, 2.05) is 62.4 Å². The van der Waals surface area contributed by atoms with Crippen molar-refractivity contribution in [3.8, 4) is 0 Å². The molecule has 1 N–H and O–H groups in total. The van der Waals surface area contributed by atoms with Gasteiger partial charge in [0.1, 0.15) is 29.8 Å². The number of fused-ring (bicyclic) bond motifs is 3. The molecular formula is C47H56O10. The Balaban J connectivity index is 1.26. The van der Waals surface area contributed by atoms with E-state index in [0.717, 1.165) is 22.8 Å². The van der Waals surface area contributed by atoms with Gasteiger partial charge < -0.3 is 33.5 Å². The van der Waals surface area contributed by atoms with E-state index in [1.165, 1.54) is 6.92 Å². The van der Waals surface area contributed by atoms with Gasteiger partial charge in [-0.2, -0.15) is 0 Å². The zero-order chi connectivity index (χ0) is 40.6. The molecular weight excluding hydrogens is 725 g/mol. The first-order chi connectivity index (χ1) is 27.2. The minimum absolute atomic E-state index is 0.0165. The van der Waals surface area contributed by atoms with Crippen molar-refractivity contribution < 1.29 is 47.9 Å². The van der Waals surface area contributed by atoms with E-state index in [1.54, 1.807) is 37.3 Å². The van der Waals surface area contributed by atoms with Crippen molar-refractivity contribution in [1.82, 2.24) is 0 Å². The number of allylic oxidation sites excluding steroid dienone is 2. The summed E-state index contributed by atoms with van der Waals surface area (Å²) in [7, 11) is 0. The van der Waals surface area contributed by atoms with Crippen molar-refractivity contribution in [1.29, 1.82) is 0 Å². The Kier molecular flexibility index (Phi) is 11.8. The SMILES string of the molecule is CC[C@H](C)[C@H]1O[C@]2(C=C[C@@H]1C)C[C@@H]1C[C@@H](C/C=C(\C)[C@@H](OC(C)=O)[C@@H](C)/C=C/C=C3\CO[C@@H]4[C@H](OC(=O)c5ccc6ccccc6c5)C(C)=C[C@@H](C(=O)O1)[C@]34O)O2. The molecule has 4 heterocycles. The van der Waals surface area contributed by atoms with Crippen LogP contribution in [0.25, 0.3) is 10.8 Å². The molecule has 10 heteroatoms. The number of carbonyl (C=O) groups is 3. The van der Waals surface area contributed by atoms with E-state index in [2.05, 4.69) is 26.8 Å². The van der Waals surface area contributed by atoms with Gasteiger partial charge in [0.25, 0.3) is 0 Å². The number of hydrogen-bond donors (Lipinski definition) is 1. The second-order valence-corrected chi connectivity index (χ2v) is 16.7. The quantitative estimate of drug-likeness (QED) is 0.182. The fraction of sp³-hybridized carbons (Fsp3) is 0.511. The fourth-order valence-corrected chi connectivity index (χ4v) is 9.16. The summed E-state index contributed by atoms with van der Waals surface area (Å²) in [6, 6.07) is 13.1. The van der Waals surface area contributed by atoms with Gasteiger partial charge in [-0.15, -0.1) is 0 Å². The van der Waals surface area contributed by atoms with Crippen molar-refractivity contribution >= 4 is 28.7 Å². The lowest BCUT2D eigenvalue weighted by molar-refractivity contribution is -0.300. The fourth-order valence-electron chi connectivity index (χ4n) is 9.16. The van der Waals surface area contributed by atoms with Crippen LogP contribution in [0.5, 0.6) is 0 Å². The van der Waals surface area contributed by atoms with Gasteiger partial charge in [-0.25, -0.2) is 4.79 Å². The standard InChI is InChI=1S/C47H56O10/c1-8-27(2)41-30(5)20-21-46(57-41)25-38-24-37(56-46)19-16-29(4)40(53-32(7)48)28(3)12-11-15-36-26-52-43-42(31(6)22-39(45(50)54-38)47(36,43)51)55-44(49)35-18-17-33-13-9-10-14-34(33)23-35/h9-18,20-23,27-28,30,37-43,51H,8,19,24-26H2,1-7H3/b12-11+,29-16+,36-15+/t27-,28-,30-,37+,38-,39-,40-,41+,42+,43+,46+,47+/m0/s1. The number of esters is 3. The van der Waals surface area contributed by atoms with E-state index in [4.69, 9.17) is 28.4 Å². The molecule has 2 aromatic rings. The van der Waals surface area contributed by atoms with Crippen LogP contribution < -0.4 is 0 Å². The molecule has 304 valence electrons. The highest BCUT2D eigenvalue weighted by Crippen LogP contribution is 2.48. The zero-order valence-corrected chi connectivity index (χ0v) is 34.0. The highest BCUT2D eigenvalue weighted by atomic mass is 16.7. The molecule has 10 nitrogen and oxygen atoms in total. The third-order valence-corrected chi connectivity index (χ3v) is 12.5. The summed E-state index contributed by atoms with van der Waals surface area (Å²) in [5, 5.41) is 14.8. The molecule has 0 radical (unpaired) electrons. The van der Waals surface area contributed by atoms with Gasteiger partial charge in [-0.1, -0.05) is 101 Å². The molecule has 57 heavy (non-hydrogen) atoms. The molecule has 1 aliphatic carbocycles. The van der Waals surface area contributed by atoms with Gasteiger partial charge in [0, 0.05) is 31.6 Å². The summed E-state index contributed by atoms with van der Waals surface area (Å²) >= 11 is 0. The molecule has 12 atom stereocenters. The molecule has 0 saturated carbocycles. The smallest absolute Gasteiger partial charge is 0.338 e. The molecule has 0 aromatic heterocycles. The molecule has 0 amide bonds. The van der Waals surface area contributed by atoms with Gasteiger partial charge in [0.15, 0.2) is 11.9 Å². The number of ether oxygens (including phenoxy) is 6. The zero-order valence-electron chi connectivity index (χ0n) is 34.0. The Bertz CT molecular complexity index is 2030.